The topological polar surface area (TPSA) is 56.7 Å². The number of nitrogens with one attached hydrogen (secondary N) is 2. The van der Waals surface area contributed by atoms with Gasteiger partial charge >= 0.3 is 0 Å². The second kappa shape index (κ2) is 8.34. The molecule has 0 atom stereocenters. The summed E-state index contributed by atoms with van der Waals surface area (Å²) in [4.78, 5) is 4.16. The molecule has 2 aromatic rings. The number of rotatable bonds is 5. The maximum Gasteiger partial charge on any atom is 0.191 e. The van der Waals surface area contributed by atoms with Crippen LogP contribution in [0.4, 0.5) is 4.39 Å². The normalized spacial score (nSPS) is 11.4. The number of aromatic hydroxyl groups is 1. The molecule has 24 heavy (non-hydrogen) atoms. The molecule has 0 aromatic heterocycles. The van der Waals surface area contributed by atoms with E-state index in [1.807, 2.05) is 0 Å². The van der Waals surface area contributed by atoms with Gasteiger partial charge in [0.2, 0.25) is 0 Å². The van der Waals surface area contributed by atoms with Gasteiger partial charge in [-0.3, -0.25) is 4.99 Å². The van der Waals surface area contributed by atoms with Gasteiger partial charge in [0.25, 0.3) is 0 Å². The Morgan fingerprint density at radius 1 is 1.04 bits per heavy atom. The van der Waals surface area contributed by atoms with Crippen LogP contribution in [0.1, 0.15) is 22.3 Å². The van der Waals surface area contributed by atoms with Gasteiger partial charge in [-0.05, 0) is 43.5 Å². The molecule has 0 bridgehead atoms. The fraction of sp³-hybridized carbons (Fsp3) is 0.316. The summed E-state index contributed by atoms with van der Waals surface area (Å²) in [7, 11) is 1.70. The maximum atomic E-state index is 13.3. The fourth-order valence-electron chi connectivity index (χ4n) is 2.61. The Balaban J connectivity index is 1.83. The van der Waals surface area contributed by atoms with Crippen molar-refractivity contribution in [2.24, 2.45) is 4.99 Å². The van der Waals surface area contributed by atoms with Crippen molar-refractivity contribution >= 4 is 5.96 Å². The number of aliphatic imine (C=N–C) groups is 1. The molecule has 5 heteroatoms. The first-order chi connectivity index (χ1) is 11.5. The molecule has 0 radical (unpaired) electrons. The Kier molecular flexibility index (Phi) is 6.18. The summed E-state index contributed by atoms with van der Waals surface area (Å²) >= 11 is 0. The number of phenols is 1. The quantitative estimate of drug-likeness (QED) is 0.584. The van der Waals surface area contributed by atoms with E-state index < -0.39 is 5.82 Å². The van der Waals surface area contributed by atoms with Crippen LogP contribution in [0, 0.1) is 19.7 Å². The van der Waals surface area contributed by atoms with E-state index in [2.05, 4.69) is 47.7 Å². The third-order valence-electron chi connectivity index (χ3n) is 3.68. The van der Waals surface area contributed by atoms with Crippen LogP contribution in [0.2, 0.25) is 0 Å². The molecule has 3 N–H and O–H groups in total. The van der Waals surface area contributed by atoms with Crippen LogP contribution in [-0.2, 0) is 13.0 Å². The Morgan fingerprint density at radius 3 is 2.38 bits per heavy atom. The zero-order chi connectivity index (χ0) is 17.5. The van der Waals surface area contributed by atoms with Crippen LogP contribution in [0.15, 0.2) is 41.4 Å². The van der Waals surface area contributed by atoms with E-state index in [-0.39, 0.29) is 5.75 Å². The number of hydrogen-bond acceptors (Lipinski definition) is 2. The van der Waals surface area contributed by atoms with Gasteiger partial charge in [-0.2, -0.15) is 0 Å². The van der Waals surface area contributed by atoms with Crippen LogP contribution in [0.3, 0.4) is 0 Å². The molecule has 0 saturated carbocycles. The largest absolute Gasteiger partial charge is 0.505 e. The van der Waals surface area contributed by atoms with E-state index >= 15 is 0 Å². The number of halogens is 1. The average Bonchev–Trinajstić information content (AvgIpc) is 2.53. The standard InChI is InChI=1S/C19H24FN3O/c1-13-8-14(2)10-15(9-13)6-7-22-19(21-3)23-12-16-4-5-18(24)17(20)11-16/h4-5,8-11,24H,6-7,12H2,1-3H3,(H2,21,22,23). The smallest absolute Gasteiger partial charge is 0.191 e. The van der Waals surface area contributed by atoms with E-state index in [1.54, 1.807) is 13.1 Å². The molecular weight excluding hydrogens is 305 g/mol. The van der Waals surface area contributed by atoms with Gasteiger partial charge in [0.1, 0.15) is 0 Å². The molecule has 0 amide bonds. The zero-order valence-corrected chi connectivity index (χ0v) is 14.4. The van der Waals surface area contributed by atoms with Gasteiger partial charge in [0, 0.05) is 20.1 Å². The number of guanidine groups is 1. The summed E-state index contributed by atoms with van der Waals surface area (Å²) < 4.78 is 13.3. The molecular formula is C19H24FN3O. The van der Waals surface area contributed by atoms with Gasteiger partial charge < -0.3 is 15.7 Å². The maximum absolute atomic E-state index is 13.3. The minimum atomic E-state index is -0.618. The molecule has 0 spiro atoms. The molecule has 4 nitrogen and oxygen atoms in total. The molecule has 2 rings (SSSR count). The Bertz CT molecular complexity index is 708. The Labute approximate surface area is 142 Å². The van der Waals surface area contributed by atoms with Crippen LogP contribution in [0.5, 0.6) is 5.75 Å². The van der Waals surface area contributed by atoms with Crippen molar-refractivity contribution in [3.8, 4) is 5.75 Å². The van der Waals surface area contributed by atoms with Crippen molar-refractivity contribution in [1.82, 2.24) is 10.6 Å². The highest BCUT2D eigenvalue weighted by atomic mass is 19.1. The van der Waals surface area contributed by atoms with Gasteiger partial charge in [0.05, 0.1) is 0 Å². The van der Waals surface area contributed by atoms with Crippen LogP contribution >= 0.6 is 0 Å². The van der Waals surface area contributed by atoms with E-state index in [9.17, 15) is 9.50 Å². The number of aryl methyl sites for hydroxylation is 2. The van der Waals surface area contributed by atoms with Crippen molar-refractivity contribution in [3.05, 3.63) is 64.5 Å². The SMILES string of the molecule is CN=C(NCCc1cc(C)cc(C)c1)NCc1ccc(O)c(F)c1. The van der Waals surface area contributed by atoms with Gasteiger partial charge in [0.15, 0.2) is 17.5 Å². The minimum absolute atomic E-state index is 0.338. The van der Waals surface area contributed by atoms with Crippen LogP contribution in [-0.4, -0.2) is 24.7 Å². The molecule has 128 valence electrons. The van der Waals surface area contributed by atoms with E-state index in [4.69, 9.17) is 0 Å². The minimum Gasteiger partial charge on any atom is -0.505 e. The molecule has 0 unspecified atom stereocenters. The van der Waals surface area contributed by atoms with E-state index in [0.717, 1.165) is 18.5 Å². The number of nitrogens with zero attached hydrogens (tertiary/aromatic N) is 1. The van der Waals surface area contributed by atoms with E-state index in [0.29, 0.717) is 12.5 Å². The lowest BCUT2D eigenvalue weighted by molar-refractivity contribution is 0.431. The van der Waals surface area contributed by atoms with Crippen LogP contribution < -0.4 is 10.6 Å². The van der Waals surface area contributed by atoms with Gasteiger partial charge in [-0.25, -0.2) is 4.39 Å². The summed E-state index contributed by atoms with van der Waals surface area (Å²) in [6.45, 7) is 5.38. The van der Waals surface area contributed by atoms with E-state index in [1.165, 1.54) is 28.8 Å². The summed E-state index contributed by atoms with van der Waals surface area (Å²) in [5.41, 5.74) is 4.56. The Morgan fingerprint density at radius 2 is 1.75 bits per heavy atom. The lowest BCUT2D eigenvalue weighted by Crippen LogP contribution is -2.37. The first-order valence-corrected chi connectivity index (χ1v) is 7.97. The molecule has 0 saturated heterocycles. The number of hydrogen-bond donors (Lipinski definition) is 3. The fourth-order valence-corrected chi connectivity index (χ4v) is 2.61. The van der Waals surface area contributed by atoms with Crippen molar-refractivity contribution in [2.45, 2.75) is 26.8 Å². The summed E-state index contributed by atoms with van der Waals surface area (Å²) in [5, 5.41) is 15.6. The highest BCUT2D eigenvalue weighted by Crippen LogP contribution is 2.15. The van der Waals surface area contributed by atoms with Gasteiger partial charge in [-0.1, -0.05) is 35.4 Å². The second-order valence-corrected chi connectivity index (χ2v) is 5.88. The average molecular weight is 329 g/mol. The number of phenolic OH excluding ortho intramolecular Hbond substituents is 1. The lowest BCUT2D eigenvalue weighted by Gasteiger charge is -2.12. The monoisotopic (exact) mass is 329 g/mol. The predicted molar refractivity (Wildman–Crippen MR) is 95.9 cm³/mol. The summed E-state index contributed by atoms with van der Waals surface area (Å²) in [6.07, 6.45) is 0.900. The molecule has 0 heterocycles. The molecule has 0 aliphatic rings. The lowest BCUT2D eigenvalue weighted by atomic mass is 10.1. The first-order valence-electron chi connectivity index (χ1n) is 7.97. The summed E-state index contributed by atoms with van der Waals surface area (Å²) in [6, 6.07) is 10.9. The van der Waals surface area contributed by atoms with Crippen molar-refractivity contribution < 1.29 is 9.50 Å². The third kappa shape index (κ3) is 5.26. The molecule has 0 aliphatic heterocycles. The third-order valence-corrected chi connectivity index (χ3v) is 3.68. The highest BCUT2D eigenvalue weighted by molar-refractivity contribution is 5.79. The second-order valence-electron chi connectivity index (χ2n) is 5.88. The summed E-state index contributed by atoms with van der Waals surface area (Å²) in [5.74, 6) is -0.297. The molecule has 0 aliphatic carbocycles. The Hall–Kier alpha value is -2.56. The van der Waals surface area contributed by atoms with Crippen molar-refractivity contribution in [2.75, 3.05) is 13.6 Å². The highest BCUT2D eigenvalue weighted by Gasteiger charge is 2.03. The van der Waals surface area contributed by atoms with Crippen molar-refractivity contribution in [3.63, 3.8) is 0 Å². The predicted octanol–water partition coefficient (Wildman–Crippen LogP) is 3.06. The molecule has 0 fully saturated rings. The zero-order valence-electron chi connectivity index (χ0n) is 14.4. The van der Waals surface area contributed by atoms with Gasteiger partial charge in [-0.15, -0.1) is 0 Å². The number of benzene rings is 2. The van der Waals surface area contributed by atoms with Crippen molar-refractivity contribution in [1.29, 1.82) is 0 Å². The first kappa shape index (κ1) is 17.8. The van der Waals surface area contributed by atoms with Crippen LogP contribution in [0.25, 0.3) is 0 Å². The molecule has 2 aromatic carbocycles.